The summed E-state index contributed by atoms with van der Waals surface area (Å²) < 4.78 is 3.31. The molecule has 1 aliphatic rings. The summed E-state index contributed by atoms with van der Waals surface area (Å²) in [5.41, 5.74) is 1.10. The molecule has 3 nitrogen and oxygen atoms in total. The van der Waals surface area contributed by atoms with Gasteiger partial charge in [-0.1, -0.05) is 31.9 Å². The first-order valence-electron chi connectivity index (χ1n) is 6.89. The van der Waals surface area contributed by atoms with Crippen LogP contribution >= 0.6 is 22.6 Å². The van der Waals surface area contributed by atoms with E-state index in [1.165, 1.54) is 29.3 Å². The second-order valence-electron chi connectivity index (χ2n) is 5.48. The Morgan fingerprint density at radius 2 is 2.00 bits per heavy atom. The molecule has 1 saturated carbocycles. The van der Waals surface area contributed by atoms with Gasteiger partial charge in [0.1, 0.15) is 6.33 Å². The monoisotopic (exact) mass is 367 g/mol. The van der Waals surface area contributed by atoms with Crippen molar-refractivity contribution in [3.8, 4) is 11.4 Å². The number of halogens is 1. The minimum Gasteiger partial charge on any atom is -0.249 e. The van der Waals surface area contributed by atoms with E-state index in [1.54, 1.807) is 0 Å². The fourth-order valence-corrected chi connectivity index (χ4v) is 3.18. The zero-order valence-electron chi connectivity index (χ0n) is 11.1. The van der Waals surface area contributed by atoms with Crippen molar-refractivity contribution >= 4 is 22.6 Å². The van der Waals surface area contributed by atoms with E-state index in [-0.39, 0.29) is 0 Å². The lowest BCUT2D eigenvalue weighted by Crippen LogP contribution is -2.18. The molecule has 2 atom stereocenters. The summed E-state index contributed by atoms with van der Waals surface area (Å²) in [5.74, 6) is 1.65. The maximum absolute atomic E-state index is 4.67. The van der Waals surface area contributed by atoms with Crippen molar-refractivity contribution < 1.29 is 0 Å². The number of aromatic nitrogens is 3. The molecule has 1 aromatic heterocycles. The van der Waals surface area contributed by atoms with Crippen molar-refractivity contribution in [3.63, 3.8) is 0 Å². The smallest absolute Gasteiger partial charge is 0.181 e. The Morgan fingerprint density at radius 1 is 1.21 bits per heavy atom. The summed E-state index contributed by atoms with van der Waals surface area (Å²) in [6.07, 6.45) is 7.03. The van der Waals surface area contributed by atoms with E-state index in [0.29, 0.717) is 6.04 Å². The molecule has 2 aromatic rings. The molecule has 0 N–H and O–H groups in total. The molecule has 1 fully saturated rings. The van der Waals surface area contributed by atoms with Crippen LogP contribution < -0.4 is 0 Å². The van der Waals surface area contributed by atoms with Crippen LogP contribution in [0.15, 0.2) is 30.6 Å². The molecule has 0 radical (unpaired) electrons. The maximum atomic E-state index is 4.67. The molecular weight excluding hydrogens is 349 g/mol. The van der Waals surface area contributed by atoms with Crippen molar-refractivity contribution in [2.24, 2.45) is 5.92 Å². The van der Waals surface area contributed by atoms with Gasteiger partial charge in [0.05, 0.1) is 6.04 Å². The summed E-state index contributed by atoms with van der Waals surface area (Å²) in [6, 6.07) is 8.91. The van der Waals surface area contributed by atoms with Gasteiger partial charge in [0.15, 0.2) is 5.82 Å². The molecule has 4 heteroatoms. The molecule has 0 amide bonds. The highest BCUT2D eigenvalue weighted by Gasteiger charge is 2.21. The Balaban J connectivity index is 1.81. The van der Waals surface area contributed by atoms with Crippen LogP contribution in [0.4, 0.5) is 0 Å². The first kappa shape index (κ1) is 13.1. The second kappa shape index (κ2) is 5.61. The average molecular weight is 367 g/mol. The second-order valence-corrected chi connectivity index (χ2v) is 6.73. The van der Waals surface area contributed by atoms with Crippen molar-refractivity contribution in [3.05, 3.63) is 34.2 Å². The van der Waals surface area contributed by atoms with Crippen molar-refractivity contribution in [1.82, 2.24) is 14.8 Å². The van der Waals surface area contributed by atoms with E-state index in [2.05, 4.69) is 68.5 Å². The Morgan fingerprint density at radius 3 is 2.74 bits per heavy atom. The van der Waals surface area contributed by atoms with Crippen LogP contribution in [0.3, 0.4) is 0 Å². The molecular formula is C15H18IN3. The number of hydrogen-bond donors (Lipinski definition) is 0. The molecule has 3 rings (SSSR count). The van der Waals surface area contributed by atoms with Crippen LogP contribution in [-0.4, -0.2) is 14.8 Å². The molecule has 2 unspecified atom stereocenters. The summed E-state index contributed by atoms with van der Waals surface area (Å²) in [6.45, 7) is 2.34. The van der Waals surface area contributed by atoms with Crippen LogP contribution in [0.25, 0.3) is 11.4 Å². The molecule has 1 heterocycles. The maximum Gasteiger partial charge on any atom is 0.181 e. The Kier molecular flexibility index (Phi) is 3.86. The van der Waals surface area contributed by atoms with Gasteiger partial charge in [-0.15, -0.1) is 0 Å². The van der Waals surface area contributed by atoms with Gasteiger partial charge in [0.25, 0.3) is 0 Å². The number of hydrogen-bond acceptors (Lipinski definition) is 2. The van der Waals surface area contributed by atoms with Gasteiger partial charge >= 0.3 is 0 Å². The fraction of sp³-hybridized carbons (Fsp3) is 0.467. The molecule has 0 spiro atoms. The van der Waals surface area contributed by atoms with E-state index < -0.39 is 0 Å². The lowest BCUT2D eigenvalue weighted by molar-refractivity contribution is 0.266. The van der Waals surface area contributed by atoms with Crippen LogP contribution in [0, 0.1) is 9.49 Å². The predicted molar refractivity (Wildman–Crippen MR) is 84.8 cm³/mol. The third kappa shape index (κ3) is 2.99. The van der Waals surface area contributed by atoms with Gasteiger partial charge in [0, 0.05) is 9.13 Å². The predicted octanol–water partition coefficient (Wildman–Crippen LogP) is 4.30. The zero-order valence-corrected chi connectivity index (χ0v) is 13.2. The lowest BCUT2D eigenvalue weighted by Gasteiger charge is -2.26. The largest absolute Gasteiger partial charge is 0.249 e. The molecule has 100 valence electrons. The van der Waals surface area contributed by atoms with Crippen LogP contribution in [0.5, 0.6) is 0 Å². The minimum atomic E-state index is 0.536. The highest BCUT2D eigenvalue weighted by atomic mass is 127. The van der Waals surface area contributed by atoms with Crippen molar-refractivity contribution in [1.29, 1.82) is 0 Å². The molecule has 0 aliphatic heterocycles. The minimum absolute atomic E-state index is 0.536. The molecule has 19 heavy (non-hydrogen) atoms. The van der Waals surface area contributed by atoms with Gasteiger partial charge in [-0.2, -0.15) is 5.10 Å². The fourth-order valence-electron chi connectivity index (χ4n) is 2.82. The van der Waals surface area contributed by atoms with E-state index in [4.69, 9.17) is 0 Å². The standard InChI is InChI=1S/C15H18IN3/c1-11-3-2-4-14(9-11)19-10-17-15(18-19)12-5-7-13(16)8-6-12/h5-8,10-11,14H,2-4,9H2,1H3. The first-order chi connectivity index (χ1) is 9.22. The summed E-state index contributed by atoms with van der Waals surface area (Å²) >= 11 is 2.31. The number of rotatable bonds is 2. The Labute approximate surface area is 127 Å². The molecule has 0 saturated heterocycles. The van der Waals surface area contributed by atoms with E-state index in [0.717, 1.165) is 17.3 Å². The van der Waals surface area contributed by atoms with E-state index >= 15 is 0 Å². The molecule has 0 bridgehead atoms. The SMILES string of the molecule is CC1CCCC(n2cnc(-c3ccc(I)cc3)n2)C1. The Bertz CT molecular complexity index is 547. The summed E-state index contributed by atoms with van der Waals surface area (Å²) in [5, 5.41) is 4.67. The first-order valence-corrected chi connectivity index (χ1v) is 7.97. The zero-order chi connectivity index (χ0) is 13.2. The normalized spacial score (nSPS) is 23.5. The molecule has 1 aromatic carbocycles. The van der Waals surface area contributed by atoms with Crippen LogP contribution in [0.1, 0.15) is 38.6 Å². The highest BCUT2D eigenvalue weighted by Crippen LogP contribution is 2.31. The van der Waals surface area contributed by atoms with Gasteiger partial charge in [0.2, 0.25) is 0 Å². The van der Waals surface area contributed by atoms with Crippen LogP contribution in [-0.2, 0) is 0 Å². The van der Waals surface area contributed by atoms with E-state index in [9.17, 15) is 0 Å². The Hall–Kier alpha value is -0.910. The third-order valence-corrected chi connectivity index (χ3v) is 4.61. The summed E-state index contributed by atoms with van der Waals surface area (Å²) in [4.78, 5) is 4.47. The third-order valence-electron chi connectivity index (χ3n) is 3.89. The van der Waals surface area contributed by atoms with Gasteiger partial charge in [-0.25, -0.2) is 9.67 Å². The summed E-state index contributed by atoms with van der Waals surface area (Å²) in [7, 11) is 0. The van der Waals surface area contributed by atoms with Gasteiger partial charge in [-0.05, 0) is 53.5 Å². The van der Waals surface area contributed by atoms with Crippen LogP contribution in [0.2, 0.25) is 0 Å². The van der Waals surface area contributed by atoms with Gasteiger partial charge < -0.3 is 0 Å². The average Bonchev–Trinajstić information content (AvgIpc) is 2.89. The number of benzene rings is 1. The van der Waals surface area contributed by atoms with Crippen molar-refractivity contribution in [2.75, 3.05) is 0 Å². The van der Waals surface area contributed by atoms with Crippen molar-refractivity contribution in [2.45, 2.75) is 38.6 Å². The quantitative estimate of drug-likeness (QED) is 0.741. The van der Waals surface area contributed by atoms with E-state index in [1.807, 2.05) is 6.33 Å². The van der Waals surface area contributed by atoms with Gasteiger partial charge in [-0.3, -0.25) is 0 Å². The number of nitrogens with zero attached hydrogens (tertiary/aromatic N) is 3. The highest BCUT2D eigenvalue weighted by molar-refractivity contribution is 14.1. The topological polar surface area (TPSA) is 30.7 Å². The lowest BCUT2D eigenvalue weighted by atomic mass is 9.87. The molecule has 1 aliphatic carbocycles.